The standard InChI is InChI=1S/C13H24N2O2/c1-6-11-13(10(2)3)17-8-7-15(11)12(16)9-14(4)5/h10H,6-9H2,1-5H3. The van der Waals surface area contributed by atoms with Crippen molar-refractivity contribution in [1.82, 2.24) is 9.80 Å². The molecule has 1 aliphatic rings. The molecular formula is C13H24N2O2. The number of amides is 1. The van der Waals surface area contributed by atoms with E-state index in [1.165, 1.54) is 0 Å². The molecule has 98 valence electrons. The molecule has 0 spiro atoms. The maximum absolute atomic E-state index is 12.1. The lowest BCUT2D eigenvalue weighted by atomic mass is 10.1. The van der Waals surface area contributed by atoms with Gasteiger partial charge in [-0.3, -0.25) is 4.79 Å². The van der Waals surface area contributed by atoms with Crippen molar-refractivity contribution in [3.8, 4) is 0 Å². The van der Waals surface area contributed by atoms with Gasteiger partial charge in [0.25, 0.3) is 0 Å². The van der Waals surface area contributed by atoms with E-state index in [1.807, 2.05) is 23.9 Å². The van der Waals surface area contributed by atoms with E-state index < -0.39 is 0 Å². The molecule has 4 nitrogen and oxygen atoms in total. The first-order valence-electron chi connectivity index (χ1n) is 6.28. The Balaban J connectivity index is 2.91. The predicted molar refractivity (Wildman–Crippen MR) is 68.4 cm³/mol. The van der Waals surface area contributed by atoms with Crippen molar-refractivity contribution < 1.29 is 9.53 Å². The Labute approximate surface area is 104 Å². The molecule has 0 N–H and O–H groups in total. The monoisotopic (exact) mass is 240 g/mol. The maximum atomic E-state index is 12.1. The molecule has 1 amide bonds. The number of carbonyl (C=O) groups is 1. The SMILES string of the molecule is CCC1=C(C(C)C)OCCN1C(=O)CN(C)C. The molecule has 1 heterocycles. The Morgan fingerprint density at radius 2 is 2.12 bits per heavy atom. The lowest BCUT2D eigenvalue weighted by Gasteiger charge is -2.34. The third kappa shape index (κ3) is 3.46. The maximum Gasteiger partial charge on any atom is 0.241 e. The molecule has 0 bridgehead atoms. The minimum atomic E-state index is 0.160. The van der Waals surface area contributed by atoms with Crippen LogP contribution in [0.4, 0.5) is 0 Å². The summed E-state index contributed by atoms with van der Waals surface area (Å²) in [6.45, 7) is 8.01. The second-order valence-corrected chi connectivity index (χ2v) is 4.95. The Hall–Kier alpha value is -1.03. The van der Waals surface area contributed by atoms with Crippen LogP contribution in [0.15, 0.2) is 11.5 Å². The molecule has 0 saturated carbocycles. The smallest absolute Gasteiger partial charge is 0.241 e. The van der Waals surface area contributed by atoms with E-state index in [9.17, 15) is 4.79 Å². The second kappa shape index (κ2) is 6.05. The molecule has 17 heavy (non-hydrogen) atoms. The zero-order valence-electron chi connectivity index (χ0n) is 11.6. The van der Waals surface area contributed by atoms with Crippen LogP contribution in [0.1, 0.15) is 27.2 Å². The van der Waals surface area contributed by atoms with Crippen molar-refractivity contribution in [2.75, 3.05) is 33.8 Å². The van der Waals surface area contributed by atoms with E-state index in [1.54, 1.807) is 0 Å². The van der Waals surface area contributed by atoms with Crippen molar-refractivity contribution in [1.29, 1.82) is 0 Å². The van der Waals surface area contributed by atoms with Gasteiger partial charge in [-0.1, -0.05) is 20.8 Å². The molecule has 0 unspecified atom stereocenters. The molecule has 0 aromatic heterocycles. The summed E-state index contributed by atoms with van der Waals surface area (Å²) in [6.07, 6.45) is 0.840. The van der Waals surface area contributed by atoms with Gasteiger partial charge in [0.2, 0.25) is 5.91 Å². The molecule has 0 aromatic rings. The van der Waals surface area contributed by atoms with Gasteiger partial charge in [-0.15, -0.1) is 0 Å². The van der Waals surface area contributed by atoms with Crippen LogP contribution in [0.3, 0.4) is 0 Å². The van der Waals surface area contributed by atoms with Gasteiger partial charge < -0.3 is 14.5 Å². The van der Waals surface area contributed by atoms with Crippen LogP contribution in [0.2, 0.25) is 0 Å². The number of nitrogens with zero attached hydrogens (tertiary/aromatic N) is 2. The van der Waals surface area contributed by atoms with E-state index in [2.05, 4.69) is 20.8 Å². The minimum absolute atomic E-state index is 0.160. The molecule has 0 atom stereocenters. The fourth-order valence-electron chi connectivity index (χ4n) is 2.09. The van der Waals surface area contributed by atoms with Crippen molar-refractivity contribution in [3.63, 3.8) is 0 Å². The lowest BCUT2D eigenvalue weighted by Crippen LogP contribution is -2.42. The zero-order chi connectivity index (χ0) is 13.0. The third-order valence-corrected chi connectivity index (χ3v) is 2.79. The largest absolute Gasteiger partial charge is 0.494 e. The Morgan fingerprint density at radius 3 is 2.59 bits per heavy atom. The van der Waals surface area contributed by atoms with Gasteiger partial charge in [0.15, 0.2) is 0 Å². The Bertz CT molecular complexity index is 309. The molecule has 0 aromatic carbocycles. The highest BCUT2D eigenvalue weighted by molar-refractivity contribution is 5.80. The number of ether oxygens (including phenoxy) is 1. The number of allylic oxidation sites excluding steroid dienone is 2. The van der Waals surface area contributed by atoms with Crippen LogP contribution in [-0.4, -0.2) is 49.5 Å². The van der Waals surface area contributed by atoms with Crippen LogP contribution in [-0.2, 0) is 9.53 Å². The summed E-state index contributed by atoms with van der Waals surface area (Å²) in [6, 6.07) is 0. The summed E-state index contributed by atoms with van der Waals surface area (Å²) in [4.78, 5) is 15.9. The van der Waals surface area contributed by atoms with Crippen LogP contribution in [0.5, 0.6) is 0 Å². The zero-order valence-corrected chi connectivity index (χ0v) is 11.6. The van der Waals surface area contributed by atoms with E-state index >= 15 is 0 Å². The van der Waals surface area contributed by atoms with Gasteiger partial charge in [-0.25, -0.2) is 0 Å². The number of rotatable bonds is 4. The number of carbonyl (C=O) groups excluding carboxylic acids is 1. The van der Waals surface area contributed by atoms with E-state index in [0.717, 1.165) is 17.9 Å². The topological polar surface area (TPSA) is 32.8 Å². The Kier molecular flexibility index (Phi) is 5.00. The molecule has 0 aliphatic carbocycles. The third-order valence-electron chi connectivity index (χ3n) is 2.79. The lowest BCUT2D eigenvalue weighted by molar-refractivity contribution is -0.131. The van der Waals surface area contributed by atoms with Gasteiger partial charge in [0, 0.05) is 5.92 Å². The first kappa shape index (κ1) is 14.0. The van der Waals surface area contributed by atoms with Crippen molar-refractivity contribution in [2.45, 2.75) is 27.2 Å². The van der Waals surface area contributed by atoms with Crippen LogP contribution < -0.4 is 0 Å². The fraction of sp³-hybridized carbons (Fsp3) is 0.769. The molecule has 0 fully saturated rings. The summed E-state index contributed by atoms with van der Waals surface area (Å²) in [5, 5.41) is 0. The van der Waals surface area contributed by atoms with E-state index in [-0.39, 0.29) is 5.91 Å². The highest BCUT2D eigenvalue weighted by Crippen LogP contribution is 2.25. The Morgan fingerprint density at radius 1 is 1.47 bits per heavy atom. The predicted octanol–water partition coefficient (Wildman–Crippen LogP) is 1.68. The van der Waals surface area contributed by atoms with Crippen molar-refractivity contribution in [3.05, 3.63) is 11.5 Å². The molecule has 4 heteroatoms. The highest BCUT2D eigenvalue weighted by atomic mass is 16.5. The van der Waals surface area contributed by atoms with Gasteiger partial charge in [0.1, 0.15) is 12.4 Å². The first-order valence-corrected chi connectivity index (χ1v) is 6.28. The summed E-state index contributed by atoms with van der Waals surface area (Å²) in [5.74, 6) is 1.47. The number of hydrogen-bond donors (Lipinski definition) is 0. The van der Waals surface area contributed by atoms with Crippen LogP contribution in [0.25, 0.3) is 0 Å². The second-order valence-electron chi connectivity index (χ2n) is 4.95. The summed E-state index contributed by atoms with van der Waals surface area (Å²) in [7, 11) is 3.83. The number of hydrogen-bond acceptors (Lipinski definition) is 3. The van der Waals surface area contributed by atoms with Crippen molar-refractivity contribution >= 4 is 5.91 Å². The van der Waals surface area contributed by atoms with Gasteiger partial charge in [0.05, 0.1) is 18.8 Å². The van der Waals surface area contributed by atoms with E-state index in [4.69, 9.17) is 4.74 Å². The molecular weight excluding hydrogens is 216 g/mol. The molecule has 0 saturated heterocycles. The average molecular weight is 240 g/mol. The summed E-state index contributed by atoms with van der Waals surface area (Å²) >= 11 is 0. The molecule has 1 aliphatic heterocycles. The minimum Gasteiger partial charge on any atom is -0.494 e. The summed E-state index contributed by atoms with van der Waals surface area (Å²) < 4.78 is 5.70. The van der Waals surface area contributed by atoms with Gasteiger partial charge >= 0.3 is 0 Å². The normalized spacial score (nSPS) is 16.8. The fourth-order valence-corrected chi connectivity index (χ4v) is 2.09. The highest BCUT2D eigenvalue weighted by Gasteiger charge is 2.26. The van der Waals surface area contributed by atoms with Gasteiger partial charge in [-0.05, 0) is 20.5 Å². The van der Waals surface area contributed by atoms with Gasteiger partial charge in [-0.2, -0.15) is 0 Å². The average Bonchev–Trinajstić information content (AvgIpc) is 2.26. The first-order chi connectivity index (χ1) is 7.97. The molecule has 0 radical (unpaired) electrons. The summed E-state index contributed by atoms with van der Waals surface area (Å²) in [5.41, 5.74) is 1.05. The number of likely N-dealkylation sites (N-methyl/N-ethyl adjacent to an activating group) is 1. The van der Waals surface area contributed by atoms with Crippen molar-refractivity contribution in [2.24, 2.45) is 5.92 Å². The van der Waals surface area contributed by atoms with Crippen LogP contribution >= 0.6 is 0 Å². The quantitative estimate of drug-likeness (QED) is 0.749. The van der Waals surface area contributed by atoms with Crippen LogP contribution in [0, 0.1) is 5.92 Å². The van der Waals surface area contributed by atoms with E-state index in [0.29, 0.717) is 25.6 Å². The molecule has 1 rings (SSSR count).